The third-order valence-electron chi connectivity index (χ3n) is 5.13. The molecule has 0 aliphatic heterocycles. The van der Waals surface area contributed by atoms with Crippen LogP contribution in [0.3, 0.4) is 0 Å². The summed E-state index contributed by atoms with van der Waals surface area (Å²) in [4.78, 5) is 12.3. The van der Waals surface area contributed by atoms with Gasteiger partial charge in [0, 0.05) is 12.2 Å². The number of benzene rings is 4. The third-order valence-corrected chi connectivity index (χ3v) is 6.53. The van der Waals surface area contributed by atoms with Gasteiger partial charge in [-0.05, 0) is 65.2 Å². The molecule has 0 spiro atoms. The van der Waals surface area contributed by atoms with E-state index in [1.807, 2.05) is 55.5 Å². The van der Waals surface area contributed by atoms with Crippen LogP contribution in [0.2, 0.25) is 0 Å². The number of nitrogens with one attached hydrogen (secondary N) is 2. The van der Waals surface area contributed by atoms with E-state index in [1.165, 1.54) is 24.3 Å². The Morgan fingerprint density at radius 1 is 0.879 bits per heavy atom. The number of aryl methyl sites for hydroxylation is 1. The maximum atomic E-state index is 12.6. The maximum Gasteiger partial charge on any atom is 0.261 e. The molecule has 4 aromatic carbocycles. The van der Waals surface area contributed by atoms with Crippen molar-refractivity contribution in [2.75, 3.05) is 11.3 Å². The highest BCUT2D eigenvalue weighted by atomic mass is 32.2. The van der Waals surface area contributed by atoms with Gasteiger partial charge in [0.1, 0.15) is 5.75 Å². The molecule has 2 N–H and O–H groups in total. The Kier molecular flexibility index (Phi) is 6.60. The van der Waals surface area contributed by atoms with Crippen LogP contribution < -0.4 is 14.8 Å². The number of sulfonamides is 1. The first-order valence-corrected chi connectivity index (χ1v) is 11.9. The number of fused-ring (bicyclic) bond motifs is 1. The quantitative estimate of drug-likeness (QED) is 0.401. The van der Waals surface area contributed by atoms with Gasteiger partial charge in [-0.3, -0.25) is 9.52 Å². The Hall–Kier alpha value is -3.84. The normalized spacial score (nSPS) is 11.2. The van der Waals surface area contributed by atoms with E-state index in [9.17, 15) is 13.2 Å². The van der Waals surface area contributed by atoms with E-state index in [-0.39, 0.29) is 17.4 Å². The Labute approximate surface area is 193 Å². The summed E-state index contributed by atoms with van der Waals surface area (Å²) in [5.41, 5.74) is 2.48. The average molecular weight is 461 g/mol. The van der Waals surface area contributed by atoms with E-state index < -0.39 is 10.0 Å². The summed E-state index contributed by atoms with van der Waals surface area (Å²) in [6, 6.07) is 27.1. The number of rotatable bonds is 8. The lowest BCUT2D eigenvalue weighted by Crippen LogP contribution is -2.28. The number of amides is 1. The van der Waals surface area contributed by atoms with Crippen LogP contribution in [-0.4, -0.2) is 20.9 Å². The van der Waals surface area contributed by atoms with Gasteiger partial charge in [0.2, 0.25) is 0 Å². The predicted octanol–water partition coefficient (Wildman–Crippen LogP) is 4.64. The minimum absolute atomic E-state index is 0.108. The van der Waals surface area contributed by atoms with Crippen molar-refractivity contribution in [1.82, 2.24) is 5.32 Å². The molecule has 0 heterocycles. The molecule has 7 heteroatoms. The van der Waals surface area contributed by atoms with Crippen LogP contribution in [0.15, 0.2) is 95.9 Å². The van der Waals surface area contributed by atoms with Crippen LogP contribution in [0.25, 0.3) is 10.8 Å². The number of ether oxygens (including phenoxy) is 1. The van der Waals surface area contributed by atoms with Gasteiger partial charge < -0.3 is 10.1 Å². The second kappa shape index (κ2) is 9.75. The standard InChI is InChI=1S/C26H24N2O4S/c1-19-6-4-10-22(16-19)28-33(30,31)24-14-12-23(13-15-24)32-18-26(29)27-17-21-9-5-8-20-7-2-3-11-25(20)21/h2-16,28H,17-18H2,1H3,(H,27,29). The lowest BCUT2D eigenvalue weighted by molar-refractivity contribution is -0.123. The van der Waals surface area contributed by atoms with Gasteiger partial charge in [0.05, 0.1) is 4.90 Å². The van der Waals surface area contributed by atoms with E-state index in [2.05, 4.69) is 10.0 Å². The minimum Gasteiger partial charge on any atom is -0.484 e. The molecule has 4 rings (SSSR count). The molecule has 0 saturated carbocycles. The Bertz CT molecular complexity index is 1380. The first-order valence-electron chi connectivity index (χ1n) is 10.5. The molecule has 0 fully saturated rings. The molecule has 6 nitrogen and oxygen atoms in total. The van der Waals surface area contributed by atoms with Gasteiger partial charge >= 0.3 is 0 Å². The molecule has 0 unspecified atom stereocenters. The van der Waals surface area contributed by atoms with Gasteiger partial charge in [0.15, 0.2) is 6.61 Å². The van der Waals surface area contributed by atoms with Crippen LogP contribution in [0.5, 0.6) is 5.75 Å². The summed E-state index contributed by atoms with van der Waals surface area (Å²) < 4.78 is 33.2. The lowest BCUT2D eigenvalue weighted by Gasteiger charge is -2.11. The van der Waals surface area contributed by atoms with Crippen molar-refractivity contribution in [3.8, 4) is 5.75 Å². The van der Waals surface area contributed by atoms with Crippen molar-refractivity contribution in [2.24, 2.45) is 0 Å². The van der Waals surface area contributed by atoms with Crippen LogP contribution in [0.1, 0.15) is 11.1 Å². The van der Waals surface area contributed by atoms with Crippen molar-refractivity contribution in [3.05, 3.63) is 102 Å². The molecule has 0 radical (unpaired) electrons. The largest absolute Gasteiger partial charge is 0.484 e. The molecule has 4 aromatic rings. The molecule has 0 atom stereocenters. The second-order valence-corrected chi connectivity index (χ2v) is 9.33. The zero-order valence-electron chi connectivity index (χ0n) is 18.1. The van der Waals surface area contributed by atoms with Gasteiger partial charge in [0.25, 0.3) is 15.9 Å². The first-order chi connectivity index (χ1) is 15.9. The molecular formula is C26H24N2O4S. The molecule has 1 amide bonds. The highest BCUT2D eigenvalue weighted by Gasteiger charge is 2.14. The van der Waals surface area contributed by atoms with Crippen LogP contribution >= 0.6 is 0 Å². The molecular weight excluding hydrogens is 436 g/mol. The predicted molar refractivity (Wildman–Crippen MR) is 130 cm³/mol. The number of carbonyl (C=O) groups is 1. The number of hydrogen-bond donors (Lipinski definition) is 2. The fourth-order valence-electron chi connectivity index (χ4n) is 3.48. The maximum absolute atomic E-state index is 12.6. The van der Waals surface area contributed by atoms with Crippen molar-refractivity contribution in [3.63, 3.8) is 0 Å². The molecule has 0 saturated heterocycles. The zero-order valence-corrected chi connectivity index (χ0v) is 18.9. The fraction of sp³-hybridized carbons (Fsp3) is 0.115. The lowest BCUT2D eigenvalue weighted by atomic mass is 10.0. The summed E-state index contributed by atoms with van der Waals surface area (Å²) in [5, 5.41) is 5.07. The van der Waals surface area contributed by atoms with E-state index in [4.69, 9.17) is 4.74 Å². The molecule has 168 valence electrons. The van der Waals surface area contributed by atoms with Gasteiger partial charge in [-0.2, -0.15) is 0 Å². The monoisotopic (exact) mass is 460 g/mol. The summed E-state index contributed by atoms with van der Waals surface area (Å²) >= 11 is 0. The smallest absolute Gasteiger partial charge is 0.261 e. The van der Waals surface area contributed by atoms with Crippen LogP contribution in [-0.2, 0) is 21.4 Å². The molecule has 0 aliphatic carbocycles. The van der Waals surface area contributed by atoms with E-state index >= 15 is 0 Å². The Morgan fingerprint density at radius 2 is 1.61 bits per heavy atom. The third kappa shape index (κ3) is 5.70. The van der Waals surface area contributed by atoms with Crippen LogP contribution in [0.4, 0.5) is 5.69 Å². The Morgan fingerprint density at radius 3 is 2.39 bits per heavy atom. The zero-order chi connectivity index (χ0) is 23.3. The average Bonchev–Trinajstić information content (AvgIpc) is 2.81. The topological polar surface area (TPSA) is 84.5 Å². The summed E-state index contributed by atoms with van der Waals surface area (Å²) in [5.74, 6) is 0.144. The van der Waals surface area contributed by atoms with Crippen molar-refractivity contribution < 1.29 is 17.9 Å². The number of carbonyl (C=O) groups excluding carboxylic acids is 1. The van der Waals surface area contributed by atoms with Gasteiger partial charge in [-0.25, -0.2) is 8.42 Å². The van der Waals surface area contributed by atoms with E-state index in [0.29, 0.717) is 18.0 Å². The van der Waals surface area contributed by atoms with Gasteiger partial charge in [-0.1, -0.05) is 54.6 Å². The molecule has 0 aliphatic rings. The molecule has 33 heavy (non-hydrogen) atoms. The van der Waals surface area contributed by atoms with E-state index in [1.54, 1.807) is 18.2 Å². The van der Waals surface area contributed by atoms with E-state index in [0.717, 1.165) is 21.9 Å². The fourth-order valence-corrected chi connectivity index (χ4v) is 4.53. The summed E-state index contributed by atoms with van der Waals surface area (Å²) in [6.45, 7) is 2.12. The molecule has 0 aromatic heterocycles. The van der Waals surface area contributed by atoms with Gasteiger partial charge in [-0.15, -0.1) is 0 Å². The number of hydrogen-bond acceptors (Lipinski definition) is 4. The highest BCUT2D eigenvalue weighted by Crippen LogP contribution is 2.20. The molecule has 0 bridgehead atoms. The number of anilines is 1. The summed E-state index contributed by atoms with van der Waals surface area (Å²) in [7, 11) is -3.72. The van der Waals surface area contributed by atoms with Crippen molar-refractivity contribution in [2.45, 2.75) is 18.4 Å². The summed E-state index contributed by atoms with van der Waals surface area (Å²) in [6.07, 6.45) is 0. The SMILES string of the molecule is Cc1cccc(NS(=O)(=O)c2ccc(OCC(=O)NCc3cccc4ccccc34)cc2)c1. The van der Waals surface area contributed by atoms with Crippen molar-refractivity contribution in [1.29, 1.82) is 0 Å². The van der Waals surface area contributed by atoms with Crippen LogP contribution in [0, 0.1) is 6.92 Å². The second-order valence-electron chi connectivity index (χ2n) is 7.65. The highest BCUT2D eigenvalue weighted by molar-refractivity contribution is 7.92. The minimum atomic E-state index is -3.72. The first kappa shape index (κ1) is 22.4. The Balaban J connectivity index is 1.32. The van der Waals surface area contributed by atoms with Crippen molar-refractivity contribution >= 4 is 32.4 Å².